The van der Waals surface area contributed by atoms with Crippen molar-refractivity contribution in [3.8, 4) is 0 Å². The van der Waals surface area contributed by atoms with Crippen molar-refractivity contribution in [2.45, 2.75) is 174 Å². The predicted octanol–water partition coefficient (Wildman–Crippen LogP) is 3.52. The smallest absolute Gasteiger partial charge is 0.310 e. The fourth-order valence-electron chi connectivity index (χ4n) is 13.3. The normalized spacial score (nSPS) is 55.1. The monoisotopic (exact) mass is 750 g/mol. The van der Waals surface area contributed by atoms with Gasteiger partial charge in [0.1, 0.15) is 36.6 Å². The summed E-state index contributed by atoms with van der Waals surface area (Å²) in [4.78, 5) is 13.0. The Labute approximate surface area is 314 Å². The molecule has 18 atom stereocenters. The van der Waals surface area contributed by atoms with Gasteiger partial charge in [0.25, 0.3) is 0 Å². The number of fused-ring (bicyclic) bond motifs is 7. The van der Waals surface area contributed by atoms with Gasteiger partial charge < -0.3 is 54.7 Å². The average molecular weight is 751 g/mol. The van der Waals surface area contributed by atoms with Crippen LogP contribution in [0.5, 0.6) is 0 Å². The number of hydrogen-bond donors (Lipinski definition) is 7. The minimum Gasteiger partial charge on any atom is -0.481 e. The molecule has 0 radical (unpaired) electrons. The van der Waals surface area contributed by atoms with E-state index in [2.05, 4.69) is 47.6 Å². The lowest BCUT2D eigenvalue weighted by molar-refractivity contribution is -0.365. The van der Waals surface area contributed by atoms with Crippen LogP contribution in [0, 0.1) is 50.2 Å². The van der Waals surface area contributed by atoms with Gasteiger partial charge in [0.05, 0.1) is 30.8 Å². The van der Waals surface area contributed by atoms with Crippen LogP contribution >= 0.6 is 0 Å². The number of hydrogen-bond acceptors (Lipinski definition) is 11. The van der Waals surface area contributed by atoms with Gasteiger partial charge in [-0.3, -0.25) is 4.79 Å². The topological polar surface area (TPSA) is 196 Å². The summed E-state index contributed by atoms with van der Waals surface area (Å²) in [6.45, 7) is 15.1. The average Bonchev–Trinajstić information content (AvgIpc) is 3.10. The number of aliphatic hydroxyl groups excluding tert-OH is 6. The Kier molecular flexibility index (Phi) is 10.2. The second kappa shape index (κ2) is 13.5. The lowest BCUT2D eigenvalue weighted by Gasteiger charge is -2.71. The maximum absolute atomic E-state index is 13.0. The third-order valence-corrected chi connectivity index (χ3v) is 17.0. The van der Waals surface area contributed by atoms with E-state index in [0.29, 0.717) is 18.8 Å². The molecule has 2 heterocycles. The molecule has 6 fully saturated rings. The maximum atomic E-state index is 13.0. The molecule has 0 aromatic rings. The molecule has 5 aliphatic carbocycles. The van der Waals surface area contributed by atoms with Gasteiger partial charge in [-0.2, -0.15) is 0 Å². The van der Waals surface area contributed by atoms with Crippen LogP contribution in [-0.4, -0.2) is 116 Å². The summed E-state index contributed by atoms with van der Waals surface area (Å²) in [5.74, 6) is -0.194. The largest absolute Gasteiger partial charge is 0.481 e. The standard InChI is InChI=1S/C41H66O12/c1-21-28(44)30(46)31(47)33(51-21)53-32-29(45)24(43)19-50-34(32)52-27-11-12-37(4)25(38(27,5)20-42)10-13-40(7)26(37)9-8-22-23-18-36(2,3)14-16-41(23,35(48)49)17-15-39(22,40)6/h8,21,23-34,42-47H,9-20H2,1-7H3,(H,48,49)/t21-,23-,24-,25-,26?,27-,28-,29-,30+,31+,32+,33-,34-,37-,38-,39-,40+,41-/m0/s1. The molecule has 0 amide bonds. The third kappa shape index (κ3) is 5.85. The van der Waals surface area contributed by atoms with Gasteiger partial charge in [-0.25, -0.2) is 0 Å². The second-order valence-corrected chi connectivity index (χ2v) is 20.0. The Bertz CT molecular complexity index is 1440. The van der Waals surface area contributed by atoms with Crippen LogP contribution in [0.3, 0.4) is 0 Å². The van der Waals surface area contributed by atoms with Crippen LogP contribution in [0.15, 0.2) is 11.6 Å². The number of carbonyl (C=O) groups is 1. The molecule has 302 valence electrons. The van der Waals surface area contributed by atoms with Crippen molar-refractivity contribution in [1.82, 2.24) is 0 Å². The van der Waals surface area contributed by atoms with Crippen molar-refractivity contribution in [3.63, 3.8) is 0 Å². The van der Waals surface area contributed by atoms with Crippen LogP contribution in [0.25, 0.3) is 0 Å². The molecular formula is C41H66O12. The van der Waals surface area contributed by atoms with Gasteiger partial charge in [0, 0.05) is 5.41 Å². The Morgan fingerprint density at radius 2 is 1.53 bits per heavy atom. The molecule has 0 spiro atoms. The third-order valence-electron chi connectivity index (χ3n) is 17.0. The van der Waals surface area contributed by atoms with Gasteiger partial charge in [-0.15, -0.1) is 0 Å². The number of ether oxygens (including phenoxy) is 4. The minimum absolute atomic E-state index is 0.0360. The fraction of sp³-hybridized carbons (Fsp3) is 0.927. The first-order valence-electron chi connectivity index (χ1n) is 20.2. The van der Waals surface area contributed by atoms with Crippen molar-refractivity contribution < 1.29 is 59.5 Å². The molecule has 1 unspecified atom stereocenters. The van der Waals surface area contributed by atoms with E-state index in [-0.39, 0.29) is 46.7 Å². The van der Waals surface area contributed by atoms with E-state index in [1.165, 1.54) is 12.5 Å². The van der Waals surface area contributed by atoms with Gasteiger partial charge in [0.2, 0.25) is 0 Å². The lowest BCUT2D eigenvalue weighted by atomic mass is 9.33. The first-order chi connectivity index (χ1) is 24.7. The zero-order valence-corrected chi connectivity index (χ0v) is 32.7. The summed E-state index contributed by atoms with van der Waals surface area (Å²) in [5.41, 5.74) is -0.239. The van der Waals surface area contributed by atoms with E-state index in [0.717, 1.165) is 51.4 Å². The quantitative estimate of drug-likeness (QED) is 0.155. The van der Waals surface area contributed by atoms with Crippen LogP contribution in [0.1, 0.15) is 113 Å². The minimum atomic E-state index is -1.62. The van der Waals surface area contributed by atoms with Crippen molar-refractivity contribution >= 4 is 5.97 Å². The Morgan fingerprint density at radius 1 is 0.830 bits per heavy atom. The summed E-state index contributed by atoms with van der Waals surface area (Å²) in [7, 11) is 0. The summed E-state index contributed by atoms with van der Waals surface area (Å²) in [5, 5.41) is 74.9. The molecule has 53 heavy (non-hydrogen) atoms. The highest BCUT2D eigenvalue weighted by atomic mass is 16.8. The van der Waals surface area contributed by atoms with Crippen LogP contribution < -0.4 is 0 Å². The van der Waals surface area contributed by atoms with Crippen LogP contribution in [-0.2, 0) is 23.7 Å². The first-order valence-corrected chi connectivity index (χ1v) is 20.2. The molecule has 0 aromatic heterocycles. The lowest BCUT2D eigenvalue weighted by Crippen LogP contribution is -2.67. The number of rotatable bonds is 6. The van der Waals surface area contributed by atoms with E-state index >= 15 is 0 Å². The van der Waals surface area contributed by atoms with Crippen molar-refractivity contribution in [2.24, 2.45) is 50.2 Å². The maximum Gasteiger partial charge on any atom is 0.310 e. The molecule has 7 N–H and O–H groups in total. The number of aliphatic carboxylic acids is 1. The van der Waals surface area contributed by atoms with Crippen molar-refractivity contribution in [2.75, 3.05) is 13.2 Å². The second-order valence-electron chi connectivity index (χ2n) is 20.0. The van der Waals surface area contributed by atoms with Gasteiger partial charge >= 0.3 is 5.97 Å². The first kappa shape index (κ1) is 40.0. The molecule has 2 aliphatic heterocycles. The highest BCUT2D eigenvalue weighted by molar-refractivity contribution is 5.76. The highest BCUT2D eigenvalue weighted by Gasteiger charge is 2.70. The Hall–Kier alpha value is -1.19. The molecule has 7 aliphatic rings. The fourth-order valence-corrected chi connectivity index (χ4v) is 13.3. The number of aliphatic hydroxyl groups is 6. The molecule has 0 bridgehead atoms. The van der Waals surface area contributed by atoms with Crippen molar-refractivity contribution in [1.29, 1.82) is 0 Å². The Morgan fingerprint density at radius 3 is 2.21 bits per heavy atom. The molecule has 2 saturated heterocycles. The zero-order chi connectivity index (χ0) is 38.7. The van der Waals surface area contributed by atoms with E-state index in [4.69, 9.17) is 18.9 Å². The van der Waals surface area contributed by atoms with Crippen molar-refractivity contribution in [3.05, 3.63) is 11.6 Å². The molecule has 12 heteroatoms. The molecule has 4 saturated carbocycles. The summed E-state index contributed by atoms with van der Waals surface area (Å²) < 4.78 is 24.3. The van der Waals surface area contributed by atoms with Crippen LogP contribution in [0.4, 0.5) is 0 Å². The Balaban J connectivity index is 1.15. The van der Waals surface area contributed by atoms with Gasteiger partial charge in [-0.05, 0) is 111 Å². The summed E-state index contributed by atoms with van der Waals surface area (Å²) in [6.07, 6.45) is -1.79. The van der Waals surface area contributed by atoms with Crippen LogP contribution in [0.2, 0.25) is 0 Å². The van der Waals surface area contributed by atoms with E-state index in [1.807, 2.05) is 0 Å². The zero-order valence-electron chi connectivity index (χ0n) is 32.7. The number of carboxylic acids is 1. The predicted molar refractivity (Wildman–Crippen MR) is 192 cm³/mol. The highest BCUT2D eigenvalue weighted by Crippen LogP contribution is 2.76. The molecular weight excluding hydrogens is 684 g/mol. The molecule has 7 rings (SSSR count). The summed E-state index contributed by atoms with van der Waals surface area (Å²) in [6, 6.07) is 0. The van der Waals surface area contributed by atoms with Gasteiger partial charge in [0.15, 0.2) is 12.6 Å². The van der Waals surface area contributed by atoms with Gasteiger partial charge in [-0.1, -0.05) is 53.2 Å². The summed E-state index contributed by atoms with van der Waals surface area (Å²) >= 11 is 0. The van der Waals surface area contributed by atoms with E-state index in [9.17, 15) is 40.5 Å². The van der Waals surface area contributed by atoms with E-state index in [1.54, 1.807) is 0 Å². The number of allylic oxidation sites excluding steroid dienone is 2. The molecule has 12 nitrogen and oxygen atoms in total. The number of carboxylic acid groups (broad SMARTS) is 1. The van der Waals surface area contributed by atoms with E-state index < -0.39 is 78.2 Å². The molecule has 0 aromatic carbocycles. The SMILES string of the molecule is C[C@@H]1O[C@@H](O[C@H]2[C@H](O[C@H]3CC[C@]4(C)C5CC=C6[C@@H]7CC(C)(C)CC[C@]7(C(=O)O)CC[C@]6(C)[C@]5(C)CC[C@@H]4[C@]3(C)CO)OC[C@H](O)[C@@H]2O)[C@H](O)[C@H](O)[C@H]1O.